The van der Waals surface area contributed by atoms with Crippen LogP contribution in [0.3, 0.4) is 0 Å². The Labute approximate surface area is 172 Å². The smallest absolute Gasteiger partial charge is 0.162 e. The predicted octanol–water partition coefficient (Wildman–Crippen LogP) is 5.21. The molecule has 3 aliphatic rings. The molecule has 0 amide bonds. The van der Waals surface area contributed by atoms with E-state index in [-0.39, 0.29) is 11.7 Å². The average Bonchev–Trinajstić information content (AvgIpc) is 3.47. The van der Waals surface area contributed by atoms with E-state index in [1.54, 1.807) is 0 Å². The van der Waals surface area contributed by atoms with Crippen LogP contribution in [-0.4, -0.2) is 18.3 Å². The summed E-state index contributed by atoms with van der Waals surface area (Å²) in [5.74, 6) is 1.64. The lowest BCUT2D eigenvalue weighted by Crippen LogP contribution is -2.25. The molecule has 0 atom stereocenters. The van der Waals surface area contributed by atoms with Crippen molar-refractivity contribution < 1.29 is 14.3 Å². The van der Waals surface area contributed by atoms with Crippen molar-refractivity contribution in [3.63, 3.8) is 0 Å². The van der Waals surface area contributed by atoms with Crippen LogP contribution in [0, 0.1) is 0 Å². The number of ether oxygens (including phenoxy) is 2. The van der Waals surface area contributed by atoms with Crippen molar-refractivity contribution in [3.8, 4) is 11.5 Å². The lowest BCUT2D eigenvalue weighted by atomic mass is 10.00. The molecule has 1 spiro atoms. The van der Waals surface area contributed by atoms with Crippen LogP contribution in [0.4, 0.5) is 0 Å². The van der Waals surface area contributed by atoms with Crippen molar-refractivity contribution >= 4 is 5.70 Å². The summed E-state index contributed by atoms with van der Waals surface area (Å²) in [6.07, 6.45) is 9.90. The first-order valence-corrected chi connectivity index (χ1v) is 10.9. The quantitative estimate of drug-likeness (QED) is 0.734. The zero-order valence-electron chi connectivity index (χ0n) is 17.1. The van der Waals surface area contributed by atoms with Gasteiger partial charge in [0.15, 0.2) is 11.5 Å². The van der Waals surface area contributed by atoms with Gasteiger partial charge in [0.05, 0.1) is 12.3 Å². The summed E-state index contributed by atoms with van der Waals surface area (Å²) >= 11 is 0. The summed E-state index contributed by atoms with van der Waals surface area (Å²) in [6, 6.07) is 14.8. The fourth-order valence-electron chi connectivity index (χ4n) is 4.72. The van der Waals surface area contributed by atoms with E-state index in [0.29, 0.717) is 6.61 Å². The summed E-state index contributed by atoms with van der Waals surface area (Å²) in [6.45, 7) is 2.81. The third-order valence-corrected chi connectivity index (χ3v) is 6.25. The van der Waals surface area contributed by atoms with E-state index in [1.165, 1.54) is 24.0 Å². The Hall–Kier alpha value is -2.46. The molecule has 0 bridgehead atoms. The molecule has 1 aliphatic heterocycles. The maximum atomic E-state index is 6.48. The first-order valence-electron chi connectivity index (χ1n) is 10.9. The van der Waals surface area contributed by atoms with Crippen molar-refractivity contribution in [1.29, 1.82) is 0 Å². The number of hydroxylamine groups is 1. The third kappa shape index (κ3) is 3.74. The molecule has 1 heterocycles. The summed E-state index contributed by atoms with van der Waals surface area (Å²) in [5.41, 5.74) is 7.95. The van der Waals surface area contributed by atoms with Gasteiger partial charge in [0.2, 0.25) is 0 Å². The van der Waals surface area contributed by atoms with Crippen LogP contribution in [0.15, 0.2) is 48.5 Å². The topological polar surface area (TPSA) is 39.7 Å². The molecule has 5 rings (SSSR count). The maximum Gasteiger partial charge on any atom is 0.162 e. The van der Waals surface area contributed by atoms with Crippen molar-refractivity contribution in [2.45, 2.75) is 63.6 Å². The molecule has 0 saturated heterocycles. The first kappa shape index (κ1) is 18.6. The van der Waals surface area contributed by atoms with Crippen molar-refractivity contribution in [3.05, 3.63) is 65.2 Å². The predicted molar refractivity (Wildman–Crippen MR) is 114 cm³/mol. The summed E-state index contributed by atoms with van der Waals surface area (Å²) in [4.78, 5) is 5.96. The van der Waals surface area contributed by atoms with Gasteiger partial charge in [-0.25, -0.2) is 0 Å². The van der Waals surface area contributed by atoms with Gasteiger partial charge in [-0.2, -0.15) is 0 Å². The molecule has 1 N–H and O–H groups in total. The van der Waals surface area contributed by atoms with Gasteiger partial charge in [0.25, 0.3) is 0 Å². The monoisotopic (exact) mass is 391 g/mol. The standard InChI is InChI=1S/C25H29NO3/c1-2-13-27-23-10-9-20(22-17-25(29-26-22)11-5-6-12-25)16-24(23)28-21-14-18-7-3-4-8-19(18)15-21/h3-4,7-10,16-17,21,26H,2,5-6,11-15H2,1H3. The molecule has 1 saturated carbocycles. The minimum atomic E-state index is -0.124. The fourth-order valence-corrected chi connectivity index (χ4v) is 4.72. The highest BCUT2D eigenvalue weighted by atomic mass is 16.7. The number of hydrogen-bond donors (Lipinski definition) is 1. The second kappa shape index (κ2) is 7.75. The summed E-state index contributed by atoms with van der Waals surface area (Å²) < 4.78 is 12.5. The van der Waals surface area contributed by atoms with Gasteiger partial charge >= 0.3 is 0 Å². The van der Waals surface area contributed by atoms with Crippen molar-refractivity contribution in [2.75, 3.05) is 6.61 Å². The van der Waals surface area contributed by atoms with Gasteiger partial charge < -0.3 is 9.47 Å². The van der Waals surface area contributed by atoms with Crippen molar-refractivity contribution in [2.24, 2.45) is 0 Å². The van der Waals surface area contributed by atoms with E-state index >= 15 is 0 Å². The molecular formula is C25H29NO3. The Balaban J connectivity index is 1.39. The van der Waals surface area contributed by atoms with Crippen LogP contribution in [0.1, 0.15) is 55.7 Å². The molecule has 1 fully saturated rings. The maximum absolute atomic E-state index is 6.48. The fraction of sp³-hybridized carbons (Fsp3) is 0.440. The van der Waals surface area contributed by atoms with E-state index in [9.17, 15) is 0 Å². The SMILES string of the molecule is CCCOc1ccc(C2=CC3(CCCC3)ON2)cc1OC1Cc2ccccc2C1. The second-order valence-electron chi connectivity index (χ2n) is 8.46. The third-order valence-electron chi connectivity index (χ3n) is 6.25. The molecular weight excluding hydrogens is 362 g/mol. The Bertz CT molecular complexity index is 889. The molecule has 0 radical (unpaired) electrons. The highest BCUT2D eigenvalue weighted by molar-refractivity contribution is 5.68. The van der Waals surface area contributed by atoms with Crippen LogP contribution in [0.25, 0.3) is 5.70 Å². The number of nitrogens with one attached hydrogen (secondary N) is 1. The molecule has 2 aromatic carbocycles. The summed E-state index contributed by atoms with van der Waals surface area (Å²) in [7, 11) is 0. The van der Waals surface area contributed by atoms with Gasteiger partial charge in [0, 0.05) is 18.4 Å². The van der Waals surface area contributed by atoms with E-state index in [4.69, 9.17) is 14.3 Å². The van der Waals surface area contributed by atoms with Crippen LogP contribution in [0.2, 0.25) is 0 Å². The summed E-state index contributed by atoms with van der Waals surface area (Å²) in [5, 5.41) is 0. The minimum absolute atomic E-state index is 0.124. The van der Waals surface area contributed by atoms with Crippen LogP contribution in [0.5, 0.6) is 11.5 Å². The van der Waals surface area contributed by atoms with Crippen LogP contribution >= 0.6 is 0 Å². The molecule has 29 heavy (non-hydrogen) atoms. The molecule has 0 aromatic heterocycles. The Morgan fingerprint density at radius 2 is 1.79 bits per heavy atom. The number of hydrogen-bond acceptors (Lipinski definition) is 4. The second-order valence-corrected chi connectivity index (χ2v) is 8.46. The van der Waals surface area contributed by atoms with Gasteiger partial charge in [-0.3, -0.25) is 10.3 Å². The molecule has 2 aromatic rings. The first-order chi connectivity index (χ1) is 14.2. The largest absolute Gasteiger partial charge is 0.490 e. The van der Waals surface area contributed by atoms with Gasteiger partial charge in [0.1, 0.15) is 11.7 Å². The zero-order valence-corrected chi connectivity index (χ0v) is 17.1. The van der Waals surface area contributed by atoms with Gasteiger partial charge in [-0.05, 0) is 54.7 Å². The Morgan fingerprint density at radius 3 is 2.52 bits per heavy atom. The van der Waals surface area contributed by atoms with E-state index in [0.717, 1.165) is 54.9 Å². The number of rotatable bonds is 6. The molecule has 4 nitrogen and oxygen atoms in total. The lowest BCUT2D eigenvalue weighted by Gasteiger charge is -2.18. The highest BCUT2D eigenvalue weighted by Gasteiger charge is 2.38. The molecule has 2 aliphatic carbocycles. The van der Waals surface area contributed by atoms with E-state index < -0.39 is 0 Å². The Kier molecular flexibility index (Phi) is 4.96. The Morgan fingerprint density at radius 1 is 1.03 bits per heavy atom. The molecule has 0 unspecified atom stereocenters. The lowest BCUT2D eigenvalue weighted by molar-refractivity contribution is -0.0289. The van der Waals surface area contributed by atoms with Gasteiger partial charge in [-0.15, -0.1) is 0 Å². The van der Waals surface area contributed by atoms with E-state index in [2.05, 4.69) is 54.9 Å². The molecule has 4 heteroatoms. The average molecular weight is 392 g/mol. The number of fused-ring (bicyclic) bond motifs is 1. The highest BCUT2D eigenvalue weighted by Crippen LogP contribution is 2.41. The van der Waals surface area contributed by atoms with Gasteiger partial charge in [-0.1, -0.05) is 44.0 Å². The van der Waals surface area contributed by atoms with Crippen LogP contribution in [-0.2, 0) is 17.7 Å². The van der Waals surface area contributed by atoms with Crippen molar-refractivity contribution in [1.82, 2.24) is 5.48 Å². The normalized spacial score (nSPS) is 19.8. The minimum Gasteiger partial charge on any atom is -0.490 e. The molecule has 152 valence electrons. The number of benzene rings is 2. The van der Waals surface area contributed by atoms with E-state index in [1.807, 2.05) is 6.07 Å². The zero-order chi connectivity index (χ0) is 19.7. The van der Waals surface area contributed by atoms with Crippen LogP contribution < -0.4 is 15.0 Å².